The van der Waals surface area contributed by atoms with Crippen molar-refractivity contribution in [1.82, 2.24) is 9.55 Å². The molecule has 106 valence electrons. The molecule has 3 rings (SSSR count). The number of carboxylic acid groups (broad SMARTS) is 1. The molecule has 0 radical (unpaired) electrons. The van der Waals surface area contributed by atoms with E-state index in [0.717, 1.165) is 16.8 Å². The molecule has 1 aromatic heterocycles. The third-order valence-electron chi connectivity index (χ3n) is 3.68. The van der Waals surface area contributed by atoms with Crippen LogP contribution in [0.25, 0.3) is 16.7 Å². The number of aromatic amines is 1. The highest BCUT2D eigenvalue weighted by Gasteiger charge is 2.12. The van der Waals surface area contributed by atoms with Gasteiger partial charge in [0.25, 0.3) is 0 Å². The number of rotatable bonds is 2. The molecular weight excluding hydrogens is 268 g/mol. The Bertz CT molecular complexity index is 919. The van der Waals surface area contributed by atoms with Crippen LogP contribution < -0.4 is 5.69 Å². The molecule has 0 saturated heterocycles. The van der Waals surface area contributed by atoms with Gasteiger partial charge in [0.05, 0.1) is 22.3 Å². The van der Waals surface area contributed by atoms with Crippen molar-refractivity contribution in [3.05, 3.63) is 63.6 Å². The third kappa shape index (κ3) is 2.12. The Morgan fingerprint density at radius 2 is 1.86 bits per heavy atom. The molecule has 2 N–H and O–H groups in total. The number of H-pyrrole nitrogens is 1. The molecule has 0 amide bonds. The van der Waals surface area contributed by atoms with Gasteiger partial charge in [0.1, 0.15) is 0 Å². The van der Waals surface area contributed by atoms with E-state index in [1.807, 2.05) is 32.0 Å². The van der Waals surface area contributed by atoms with Crippen molar-refractivity contribution in [2.45, 2.75) is 13.8 Å². The summed E-state index contributed by atoms with van der Waals surface area (Å²) in [5.41, 5.74) is 3.97. The maximum absolute atomic E-state index is 12.2. The molecule has 0 atom stereocenters. The summed E-state index contributed by atoms with van der Waals surface area (Å²) in [6.45, 7) is 3.97. The summed E-state index contributed by atoms with van der Waals surface area (Å²) in [6, 6.07) is 10.3. The SMILES string of the molecule is Cc1ccc(-n2c(=O)[nH]c3ccc(C(=O)O)cc32)cc1C. The first-order chi connectivity index (χ1) is 9.97. The first-order valence-electron chi connectivity index (χ1n) is 6.53. The zero-order valence-corrected chi connectivity index (χ0v) is 11.7. The maximum Gasteiger partial charge on any atom is 0.335 e. The molecule has 0 saturated carbocycles. The Balaban J connectivity index is 2.32. The van der Waals surface area contributed by atoms with Gasteiger partial charge >= 0.3 is 11.7 Å². The van der Waals surface area contributed by atoms with Crippen LogP contribution in [0.5, 0.6) is 0 Å². The van der Waals surface area contributed by atoms with E-state index in [0.29, 0.717) is 11.0 Å². The lowest BCUT2D eigenvalue weighted by Gasteiger charge is -2.07. The van der Waals surface area contributed by atoms with Crippen molar-refractivity contribution in [3.63, 3.8) is 0 Å². The molecule has 1 heterocycles. The van der Waals surface area contributed by atoms with E-state index in [-0.39, 0.29) is 11.3 Å². The van der Waals surface area contributed by atoms with Crippen LogP contribution in [0.2, 0.25) is 0 Å². The Morgan fingerprint density at radius 1 is 1.10 bits per heavy atom. The number of fused-ring (bicyclic) bond motifs is 1. The van der Waals surface area contributed by atoms with Crippen molar-refractivity contribution in [2.24, 2.45) is 0 Å². The zero-order valence-electron chi connectivity index (χ0n) is 11.7. The summed E-state index contributed by atoms with van der Waals surface area (Å²) in [4.78, 5) is 26.0. The van der Waals surface area contributed by atoms with E-state index in [4.69, 9.17) is 5.11 Å². The average molecular weight is 282 g/mol. The number of aryl methyl sites for hydroxylation is 2. The monoisotopic (exact) mass is 282 g/mol. The van der Waals surface area contributed by atoms with Crippen LogP contribution >= 0.6 is 0 Å². The van der Waals surface area contributed by atoms with Gasteiger partial charge in [0, 0.05) is 0 Å². The Kier molecular flexibility index (Phi) is 2.90. The molecule has 2 aromatic carbocycles. The van der Waals surface area contributed by atoms with Crippen molar-refractivity contribution in [1.29, 1.82) is 0 Å². The molecule has 0 aliphatic carbocycles. The van der Waals surface area contributed by atoms with Gasteiger partial charge in [-0.2, -0.15) is 0 Å². The average Bonchev–Trinajstić information content (AvgIpc) is 2.77. The van der Waals surface area contributed by atoms with Crippen LogP contribution in [0.4, 0.5) is 0 Å². The van der Waals surface area contributed by atoms with Gasteiger partial charge in [-0.15, -0.1) is 0 Å². The number of imidazole rings is 1. The highest BCUT2D eigenvalue weighted by Crippen LogP contribution is 2.19. The van der Waals surface area contributed by atoms with Crippen LogP contribution in [0, 0.1) is 13.8 Å². The Hall–Kier alpha value is -2.82. The minimum absolute atomic E-state index is 0.152. The van der Waals surface area contributed by atoms with Crippen molar-refractivity contribution in [2.75, 3.05) is 0 Å². The standard InChI is InChI=1S/C16H14N2O3/c1-9-3-5-12(7-10(9)2)18-14-8-11(15(19)20)4-6-13(14)17-16(18)21/h3-8H,1-2H3,(H,17,21)(H,19,20). The van der Waals surface area contributed by atoms with Crippen LogP contribution in [-0.4, -0.2) is 20.6 Å². The summed E-state index contributed by atoms with van der Waals surface area (Å²) in [5, 5.41) is 9.10. The molecule has 0 aliphatic heterocycles. The molecule has 0 spiro atoms. The Morgan fingerprint density at radius 3 is 2.52 bits per heavy atom. The second-order valence-electron chi connectivity index (χ2n) is 5.07. The number of nitrogens with one attached hydrogen (secondary N) is 1. The van der Waals surface area contributed by atoms with E-state index in [1.165, 1.54) is 16.7 Å². The molecule has 3 aromatic rings. The quantitative estimate of drug-likeness (QED) is 0.758. The minimum Gasteiger partial charge on any atom is -0.478 e. The topological polar surface area (TPSA) is 75.1 Å². The Labute approximate surface area is 120 Å². The van der Waals surface area contributed by atoms with Gasteiger partial charge in [-0.25, -0.2) is 9.59 Å². The predicted molar refractivity (Wildman–Crippen MR) is 80.3 cm³/mol. The number of carbonyl (C=O) groups is 1. The van der Waals surface area contributed by atoms with Crippen molar-refractivity contribution >= 4 is 17.0 Å². The number of carboxylic acids is 1. The second kappa shape index (κ2) is 4.63. The molecular formula is C16H14N2O3. The lowest BCUT2D eigenvalue weighted by molar-refractivity contribution is 0.0697. The number of aromatic carboxylic acids is 1. The van der Waals surface area contributed by atoms with E-state index in [1.54, 1.807) is 6.07 Å². The van der Waals surface area contributed by atoms with Crippen LogP contribution in [0.3, 0.4) is 0 Å². The van der Waals surface area contributed by atoms with Gasteiger partial charge in [-0.05, 0) is 55.3 Å². The molecule has 5 nitrogen and oxygen atoms in total. The highest BCUT2D eigenvalue weighted by atomic mass is 16.4. The van der Waals surface area contributed by atoms with Gasteiger partial charge < -0.3 is 10.1 Å². The van der Waals surface area contributed by atoms with Gasteiger partial charge in [0.15, 0.2) is 0 Å². The number of aromatic nitrogens is 2. The van der Waals surface area contributed by atoms with Gasteiger partial charge in [-0.3, -0.25) is 4.57 Å². The molecule has 0 unspecified atom stereocenters. The lowest BCUT2D eigenvalue weighted by Crippen LogP contribution is -2.14. The number of nitrogens with zero attached hydrogens (tertiary/aromatic N) is 1. The third-order valence-corrected chi connectivity index (χ3v) is 3.68. The van der Waals surface area contributed by atoms with Crippen LogP contribution in [0.1, 0.15) is 21.5 Å². The van der Waals surface area contributed by atoms with Gasteiger partial charge in [-0.1, -0.05) is 6.07 Å². The van der Waals surface area contributed by atoms with Crippen LogP contribution in [0.15, 0.2) is 41.2 Å². The normalized spacial score (nSPS) is 11.0. The van der Waals surface area contributed by atoms with E-state index >= 15 is 0 Å². The number of hydrogen-bond acceptors (Lipinski definition) is 2. The molecule has 5 heteroatoms. The van der Waals surface area contributed by atoms with Crippen molar-refractivity contribution in [3.8, 4) is 5.69 Å². The molecule has 0 fully saturated rings. The summed E-state index contributed by atoms with van der Waals surface area (Å²) in [7, 11) is 0. The van der Waals surface area contributed by atoms with E-state index < -0.39 is 5.97 Å². The molecule has 21 heavy (non-hydrogen) atoms. The van der Waals surface area contributed by atoms with E-state index in [2.05, 4.69) is 4.98 Å². The second-order valence-corrected chi connectivity index (χ2v) is 5.07. The summed E-state index contributed by atoms with van der Waals surface area (Å²) in [5.74, 6) is -1.02. The fourth-order valence-corrected chi connectivity index (χ4v) is 2.36. The summed E-state index contributed by atoms with van der Waals surface area (Å²) >= 11 is 0. The summed E-state index contributed by atoms with van der Waals surface area (Å²) < 4.78 is 1.49. The maximum atomic E-state index is 12.2. The van der Waals surface area contributed by atoms with E-state index in [9.17, 15) is 9.59 Å². The number of benzene rings is 2. The zero-order chi connectivity index (χ0) is 15.1. The van der Waals surface area contributed by atoms with Crippen molar-refractivity contribution < 1.29 is 9.90 Å². The molecule has 0 aliphatic rings. The largest absolute Gasteiger partial charge is 0.478 e. The fourth-order valence-electron chi connectivity index (χ4n) is 2.36. The highest BCUT2D eigenvalue weighted by molar-refractivity contribution is 5.92. The van der Waals surface area contributed by atoms with Crippen LogP contribution in [-0.2, 0) is 0 Å². The predicted octanol–water partition coefficient (Wildman–Crippen LogP) is 2.63. The lowest BCUT2D eigenvalue weighted by atomic mass is 10.1. The summed E-state index contributed by atoms with van der Waals surface area (Å²) in [6.07, 6.45) is 0. The fraction of sp³-hybridized carbons (Fsp3) is 0.125. The first-order valence-corrected chi connectivity index (χ1v) is 6.53. The number of hydrogen-bond donors (Lipinski definition) is 2. The first kappa shape index (κ1) is 13.2. The molecule has 0 bridgehead atoms. The van der Waals surface area contributed by atoms with Gasteiger partial charge in [0.2, 0.25) is 0 Å². The minimum atomic E-state index is -1.02. The smallest absolute Gasteiger partial charge is 0.335 e.